The summed E-state index contributed by atoms with van der Waals surface area (Å²) in [6, 6.07) is 18.3. The number of benzene rings is 2. The molecule has 0 saturated heterocycles. The highest BCUT2D eigenvalue weighted by molar-refractivity contribution is 5.99. The molecule has 2 heterocycles. The number of H-pyrrole nitrogens is 2. The van der Waals surface area contributed by atoms with Crippen LogP contribution in [-0.2, 0) is 11.2 Å². The summed E-state index contributed by atoms with van der Waals surface area (Å²) in [5, 5.41) is 0. The number of fused-ring (bicyclic) bond motifs is 1. The van der Waals surface area contributed by atoms with Crippen LogP contribution in [0.25, 0.3) is 22.4 Å². The van der Waals surface area contributed by atoms with E-state index in [1.54, 1.807) is 25.2 Å². The van der Waals surface area contributed by atoms with E-state index < -0.39 is 11.9 Å². The number of pyridine rings is 1. The quantitative estimate of drug-likeness (QED) is 0.485. The monoisotopic (exact) mass is 414 g/mol. The van der Waals surface area contributed by atoms with Crippen molar-refractivity contribution < 1.29 is 14.6 Å². The first-order valence-corrected chi connectivity index (χ1v) is 10.1. The Morgan fingerprint density at radius 1 is 1.10 bits per heavy atom. The minimum Gasteiger partial charge on any atom is -0.368 e. The third kappa shape index (κ3) is 4.45. The number of hydrogen-bond acceptors (Lipinski definition) is 3. The number of nitrogens with two attached hydrogens (primary N) is 1. The molecule has 7 nitrogen and oxygen atoms in total. The molecule has 2 aromatic heterocycles. The number of aryl methyl sites for hydroxylation is 1. The Kier molecular flexibility index (Phi) is 5.75. The molecule has 0 bridgehead atoms. The molecule has 2 aromatic carbocycles. The molecule has 0 radical (unpaired) electrons. The number of carbonyl (C=O) groups is 2. The van der Waals surface area contributed by atoms with Crippen molar-refractivity contribution in [2.24, 2.45) is 5.73 Å². The van der Waals surface area contributed by atoms with Gasteiger partial charge in [0.15, 0.2) is 12.4 Å². The Morgan fingerprint density at radius 2 is 1.84 bits per heavy atom. The molecule has 0 unspecified atom stereocenters. The van der Waals surface area contributed by atoms with Gasteiger partial charge in [-0.25, -0.2) is 9.97 Å². The Labute approximate surface area is 179 Å². The number of rotatable bonds is 7. The SMILES string of the molecule is CN(C(=O)c1ccc2nc(-c3cc[nH+]cc3)[nH]c2c1)[C@@H](CCc1ccccc1)C(N)=O. The fraction of sp³-hybridized carbons (Fsp3) is 0.167. The van der Waals surface area contributed by atoms with Crippen LogP contribution in [0.3, 0.4) is 0 Å². The Balaban J connectivity index is 1.54. The summed E-state index contributed by atoms with van der Waals surface area (Å²) in [5.41, 5.74) is 9.64. The zero-order chi connectivity index (χ0) is 21.8. The molecule has 31 heavy (non-hydrogen) atoms. The maximum Gasteiger partial charge on any atom is 0.254 e. The van der Waals surface area contributed by atoms with Crippen LogP contribution < -0.4 is 10.7 Å². The highest BCUT2D eigenvalue weighted by Gasteiger charge is 2.26. The zero-order valence-electron chi connectivity index (χ0n) is 17.2. The van der Waals surface area contributed by atoms with E-state index in [1.807, 2.05) is 54.9 Å². The molecule has 156 valence electrons. The van der Waals surface area contributed by atoms with Crippen molar-refractivity contribution in [2.75, 3.05) is 7.05 Å². The lowest BCUT2D eigenvalue weighted by Crippen LogP contribution is -2.46. The van der Waals surface area contributed by atoms with Crippen molar-refractivity contribution in [2.45, 2.75) is 18.9 Å². The molecule has 4 N–H and O–H groups in total. The lowest BCUT2D eigenvalue weighted by molar-refractivity contribution is -0.377. The van der Waals surface area contributed by atoms with Crippen LogP contribution in [-0.4, -0.2) is 39.8 Å². The number of amides is 2. The largest absolute Gasteiger partial charge is 0.368 e. The zero-order valence-corrected chi connectivity index (χ0v) is 17.2. The average Bonchev–Trinajstić information content (AvgIpc) is 3.23. The standard InChI is InChI=1S/C24H23N5O2/c1-29(21(22(25)30)10-7-16-5-3-2-4-6-16)24(31)18-8-9-19-20(15-18)28-23(27-19)17-11-13-26-14-12-17/h2-6,8-9,11-15,21H,7,10H2,1H3,(H2,25,30)(H,27,28)/p+1/t21-/m0/s1. The van der Waals surface area contributed by atoms with Crippen LogP contribution in [0.4, 0.5) is 0 Å². The van der Waals surface area contributed by atoms with E-state index in [-0.39, 0.29) is 5.91 Å². The highest BCUT2D eigenvalue weighted by atomic mass is 16.2. The third-order valence-electron chi connectivity index (χ3n) is 5.39. The summed E-state index contributed by atoms with van der Waals surface area (Å²) >= 11 is 0. The number of aromatic amines is 2. The maximum absolute atomic E-state index is 13.1. The van der Waals surface area contributed by atoms with E-state index in [1.165, 1.54) is 4.90 Å². The summed E-state index contributed by atoms with van der Waals surface area (Å²) in [7, 11) is 1.62. The Hall–Kier alpha value is -4.00. The summed E-state index contributed by atoms with van der Waals surface area (Å²) in [6.45, 7) is 0. The Morgan fingerprint density at radius 3 is 2.55 bits per heavy atom. The van der Waals surface area contributed by atoms with E-state index in [0.29, 0.717) is 18.4 Å². The molecule has 0 spiro atoms. The van der Waals surface area contributed by atoms with Gasteiger partial charge >= 0.3 is 0 Å². The fourth-order valence-electron chi connectivity index (χ4n) is 3.64. The van der Waals surface area contributed by atoms with Gasteiger partial charge in [0.05, 0.1) is 11.0 Å². The first kappa shape index (κ1) is 20.3. The average molecular weight is 414 g/mol. The predicted molar refractivity (Wildman–Crippen MR) is 118 cm³/mol. The molecule has 0 aliphatic carbocycles. The van der Waals surface area contributed by atoms with Gasteiger partial charge in [0.25, 0.3) is 5.91 Å². The van der Waals surface area contributed by atoms with Crippen LogP contribution in [0.2, 0.25) is 0 Å². The van der Waals surface area contributed by atoms with Crippen LogP contribution >= 0.6 is 0 Å². The van der Waals surface area contributed by atoms with Crippen molar-refractivity contribution >= 4 is 22.8 Å². The fourth-order valence-corrected chi connectivity index (χ4v) is 3.64. The van der Waals surface area contributed by atoms with Gasteiger partial charge in [0.1, 0.15) is 11.9 Å². The molecule has 0 saturated carbocycles. The number of nitrogens with zero attached hydrogens (tertiary/aromatic N) is 2. The lowest BCUT2D eigenvalue weighted by atomic mass is 10.0. The van der Waals surface area contributed by atoms with Gasteiger partial charge in [-0.05, 0) is 36.6 Å². The number of primary amides is 1. The minimum atomic E-state index is -0.693. The third-order valence-corrected chi connectivity index (χ3v) is 5.39. The summed E-state index contributed by atoms with van der Waals surface area (Å²) in [5.74, 6) is -0.0541. The second kappa shape index (κ2) is 8.79. The number of likely N-dealkylation sites (N-methyl/N-ethyl adjacent to an activating group) is 1. The topological polar surface area (TPSA) is 106 Å². The predicted octanol–water partition coefficient (Wildman–Crippen LogP) is 2.60. The first-order chi connectivity index (χ1) is 15.0. The molecule has 7 heteroatoms. The minimum absolute atomic E-state index is 0.260. The second-order valence-electron chi connectivity index (χ2n) is 7.46. The molecule has 2 amide bonds. The normalized spacial score (nSPS) is 11.9. The summed E-state index contributed by atoms with van der Waals surface area (Å²) in [6.07, 6.45) is 4.77. The molecule has 1 atom stereocenters. The Bertz CT molecular complexity index is 1200. The van der Waals surface area contributed by atoms with Gasteiger partial charge in [0, 0.05) is 30.3 Å². The van der Waals surface area contributed by atoms with Crippen molar-refractivity contribution in [3.63, 3.8) is 0 Å². The van der Waals surface area contributed by atoms with Crippen molar-refractivity contribution in [1.29, 1.82) is 0 Å². The van der Waals surface area contributed by atoms with Crippen molar-refractivity contribution in [3.8, 4) is 11.4 Å². The van der Waals surface area contributed by atoms with E-state index in [0.717, 1.165) is 28.0 Å². The first-order valence-electron chi connectivity index (χ1n) is 10.1. The van der Waals surface area contributed by atoms with E-state index >= 15 is 0 Å². The molecule has 0 aliphatic rings. The van der Waals surface area contributed by atoms with Crippen LogP contribution in [0, 0.1) is 0 Å². The van der Waals surface area contributed by atoms with E-state index in [2.05, 4.69) is 15.0 Å². The van der Waals surface area contributed by atoms with Crippen LogP contribution in [0.5, 0.6) is 0 Å². The highest BCUT2D eigenvalue weighted by Crippen LogP contribution is 2.21. The maximum atomic E-state index is 13.1. The van der Waals surface area contributed by atoms with Gasteiger partial charge in [-0.15, -0.1) is 0 Å². The van der Waals surface area contributed by atoms with Gasteiger partial charge in [-0.3, -0.25) is 9.59 Å². The van der Waals surface area contributed by atoms with E-state index in [9.17, 15) is 9.59 Å². The number of nitrogens with one attached hydrogen (secondary N) is 2. The number of carbonyl (C=O) groups excluding carboxylic acids is 2. The van der Waals surface area contributed by atoms with Gasteiger partial charge < -0.3 is 15.6 Å². The smallest absolute Gasteiger partial charge is 0.254 e. The number of hydrogen-bond donors (Lipinski definition) is 2. The number of imidazole rings is 1. The molecule has 0 aliphatic heterocycles. The van der Waals surface area contributed by atoms with Crippen LogP contribution in [0.15, 0.2) is 73.1 Å². The second-order valence-corrected chi connectivity index (χ2v) is 7.46. The van der Waals surface area contributed by atoms with E-state index in [4.69, 9.17) is 5.73 Å². The lowest BCUT2D eigenvalue weighted by Gasteiger charge is -2.26. The van der Waals surface area contributed by atoms with Crippen molar-refractivity contribution in [3.05, 3.63) is 84.2 Å². The molecule has 0 fully saturated rings. The summed E-state index contributed by atoms with van der Waals surface area (Å²) in [4.78, 5) is 37.4. The molecule has 4 rings (SSSR count). The summed E-state index contributed by atoms with van der Waals surface area (Å²) < 4.78 is 0. The van der Waals surface area contributed by atoms with Gasteiger partial charge in [0.2, 0.25) is 5.91 Å². The van der Waals surface area contributed by atoms with Crippen molar-refractivity contribution in [1.82, 2.24) is 14.9 Å². The molecular weight excluding hydrogens is 390 g/mol. The molecular formula is C24H24N5O2+. The van der Waals surface area contributed by atoms with Gasteiger partial charge in [-0.1, -0.05) is 30.3 Å². The number of aromatic nitrogens is 3. The van der Waals surface area contributed by atoms with Crippen LogP contribution in [0.1, 0.15) is 22.3 Å². The van der Waals surface area contributed by atoms with Gasteiger partial charge in [-0.2, -0.15) is 0 Å². The molecule has 4 aromatic rings.